The van der Waals surface area contributed by atoms with Crippen molar-refractivity contribution >= 4 is 5.97 Å². The minimum atomic E-state index is -3.23. The van der Waals surface area contributed by atoms with Crippen molar-refractivity contribution in [2.24, 2.45) is 5.73 Å². The van der Waals surface area contributed by atoms with Gasteiger partial charge in [-0.15, -0.1) is 0 Å². The quantitative estimate of drug-likeness (QED) is 0.748. The van der Waals surface area contributed by atoms with Crippen LogP contribution in [0.1, 0.15) is 30.5 Å². The van der Waals surface area contributed by atoms with Crippen LogP contribution in [0.4, 0.5) is 8.78 Å². The lowest BCUT2D eigenvalue weighted by atomic mass is 9.87. The average Bonchev–Trinajstić information content (AvgIpc) is 2.39. The fourth-order valence-corrected chi connectivity index (χ4v) is 2.04. The molecule has 1 rings (SSSR count). The smallest absolute Gasteiger partial charge is 0.330 e. The molecule has 1 aromatic carbocycles. The van der Waals surface area contributed by atoms with E-state index in [0.29, 0.717) is 18.4 Å². The summed E-state index contributed by atoms with van der Waals surface area (Å²) < 4.78 is 25.9. The number of phenolic OH excluding ortho intramolecular Hbond substituents is 1. The summed E-state index contributed by atoms with van der Waals surface area (Å²) >= 11 is 0. The van der Waals surface area contributed by atoms with Gasteiger partial charge in [0.05, 0.1) is 0 Å². The molecule has 112 valence electrons. The van der Waals surface area contributed by atoms with E-state index in [2.05, 4.69) is 0 Å². The molecule has 0 bridgehead atoms. The SMILES string of the molecule is CCc1cc(O)c(CC(N)(C(=O)O)C(F)F)c(CC)c1. The predicted octanol–water partition coefficient (Wildman–Crippen LogP) is 2.11. The highest BCUT2D eigenvalue weighted by molar-refractivity contribution is 5.80. The van der Waals surface area contributed by atoms with Crippen LogP contribution in [0.15, 0.2) is 12.1 Å². The van der Waals surface area contributed by atoms with Crippen LogP contribution in [0.3, 0.4) is 0 Å². The molecule has 20 heavy (non-hydrogen) atoms. The number of nitrogens with two attached hydrogens (primary N) is 1. The number of benzene rings is 1. The Morgan fingerprint density at radius 1 is 1.35 bits per heavy atom. The maximum Gasteiger partial charge on any atom is 0.330 e. The van der Waals surface area contributed by atoms with Crippen molar-refractivity contribution in [3.05, 3.63) is 28.8 Å². The highest BCUT2D eigenvalue weighted by Crippen LogP contribution is 2.30. The van der Waals surface area contributed by atoms with Gasteiger partial charge in [-0.1, -0.05) is 19.9 Å². The van der Waals surface area contributed by atoms with Crippen LogP contribution < -0.4 is 5.73 Å². The van der Waals surface area contributed by atoms with Crippen LogP contribution in [0.2, 0.25) is 0 Å². The molecule has 1 aromatic rings. The Hall–Kier alpha value is -1.69. The van der Waals surface area contributed by atoms with Gasteiger partial charge in [-0.2, -0.15) is 0 Å². The van der Waals surface area contributed by atoms with Crippen LogP contribution in [0.5, 0.6) is 5.75 Å². The number of aromatic hydroxyl groups is 1. The third kappa shape index (κ3) is 3.07. The largest absolute Gasteiger partial charge is 0.508 e. The molecule has 0 aliphatic heterocycles. The van der Waals surface area contributed by atoms with Crippen LogP contribution in [-0.2, 0) is 24.1 Å². The third-order valence-corrected chi connectivity index (χ3v) is 3.42. The van der Waals surface area contributed by atoms with E-state index in [-0.39, 0.29) is 11.3 Å². The van der Waals surface area contributed by atoms with E-state index in [0.717, 1.165) is 5.56 Å². The number of aliphatic carboxylic acids is 1. The number of carboxylic acid groups (broad SMARTS) is 1. The molecule has 6 heteroatoms. The van der Waals surface area contributed by atoms with Gasteiger partial charge in [-0.25, -0.2) is 13.6 Å². The Morgan fingerprint density at radius 2 is 1.95 bits per heavy atom. The number of alkyl halides is 2. The van der Waals surface area contributed by atoms with E-state index in [1.54, 1.807) is 13.0 Å². The molecule has 0 spiro atoms. The van der Waals surface area contributed by atoms with E-state index < -0.39 is 24.4 Å². The van der Waals surface area contributed by atoms with Crippen molar-refractivity contribution in [3.63, 3.8) is 0 Å². The lowest BCUT2D eigenvalue weighted by Crippen LogP contribution is -2.56. The topological polar surface area (TPSA) is 83.5 Å². The van der Waals surface area contributed by atoms with E-state index in [9.17, 15) is 18.7 Å². The predicted molar refractivity (Wildman–Crippen MR) is 71.1 cm³/mol. The van der Waals surface area contributed by atoms with Gasteiger partial charge in [0.15, 0.2) is 5.54 Å². The number of phenols is 1. The molecule has 0 amide bonds. The highest BCUT2D eigenvalue weighted by Gasteiger charge is 2.44. The van der Waals surface area contributed by atoms with Crippen molar-refractivity contribution in [2.75, 3.05) is 0 Å². The van der Waals surface area contributed by atoms with Crippen LogP contribution in [0.25, 0.3) is 0 Å². The molecule has 0 fully saturated rings. The number of hydrogen-bond donors (Lipinski definition) is 3. The monoisotopic (exact) mass is 287 g/mol. The molecule has 1 unspecified atom stereocenters. The van der Waals surface area contributed by atoms with Gasteiger partial charge in [0, 0.05) is 6.42 Å². The number of rotatable bonds is 6. The first-order chi connectivity index (χ1) is 9.26. The van der Waals surface area contributed by atoms with Crippen molar-refractivity contribution in [3.8, 4) is 5.75 Å². The summed E-state index contributed by atoms with van der Waals surface area (Å²) in [6.45, 7) is 3.70. The number of hydrogen-bond acceptors (Lipinski definition) is 3. The van der Waals surface area contributed by atoms with Crippen molar-refractivity contribution < 1.29 is 23.8 Å². The molecule has 0 aromatic heterocycles. The van der Waals surface area contributed by atoms with Gasteiger partial charge in [0.2, 0.25) is 0 Å². The molecule has 4 N–H and O–H groups in total. The molecule has 0 aliphatic carbocycles. The van der Waals surface area contributed by atoms with Gasteiger partial charge < -0.3 is 15.9 Å². The molecule has 0 radical (unpaired) electrons. The molecule has 0 aliphatic rings. The summed E-state index contributed by atoms with van der Waals surface area (Å²) in [6.07, 6.45) is -2.66. The summed E-state index contributed by atoms with van der Waals surface area (Å²) in [7, 11) is 0. The Labute approximate surface area is 116 Å². The summed E-state index contributed by atoms with van der Waals surface area (Å²) in [4.78, 5) is 11.0. The van der Waals surface area contributed by atoms with Crippen molar-refractivity contribution in [1.82, 2.24) is 0 Å². The molecular formula is C14H19F2NO3. The van der Waals surface area contributed by atoms with Crippen LogP contribution in [0, 0.1) is 0 Å². The Balaban J connectivity index is 3.29. The highest BCUT2D eigenvalue weighted by atomic mass is 19.3. The Morgan fingerprint density at radius 3 is 2.35 bits per heavy atom. The zero-order valence-electron chi connectivity index (χ0n) is 11.5. The second kappa shape index (κ2) is 6.17. The molecule has 4 nitrogen and oxygen atoms in total. The first-order valence-corrected chi connectivity index (χ1v) is 6.40. The number of carbonyl (C=O) groups is 1. The van der Waals surface area contributed by atoms with Gasteiger partial charge in [0.25, 0.3) is 6.43 Å². The van der Waals surface area contributed by atoms with E-state index >= 15 is 0 Å². The normalized spacial score (nSPS) is 14.3. The van der Waals surface area contributed by atoms with Crippen LogP contribution in [-0.4, -0.2) is 28.1 Å². The van der Waals surface area contributed by atoms with Gasteiger partial charge >= 0.3 is 5.97 Å². The van der Waals surface area contributed by atoms with Crippen molar-refractivity contribution in [1.29, 1.82) is 0 Å². The van der Waals surface area contributed by atoms with E-state index in [1.807, 2.05) is 6.92 Å². The van der Waals surface area contributed by atoms with Crippen LogP contribution >= 0.6 is 0 Å². The zero-order chi connectivity index (χ0) is 15.5. The minimum absolute atomic E-state index is 0.176. The van der Waals surface area contributed by atoms with Gasteiger partial charge in [-0.3, -0.25) is 0 Å². The second-order valence-corrected chi connectivity index (χ2v) is 4.78. The molecule has 0 saturated carbocycles. The minimum Gasteiger partial charge on any atom is -0.508 e. The lowest BCUT2D eigenvalue weighted by molar-refractivity contribution is -0.149. The van der Waals surface area contributed by atoms with Gasteiger partial charge in [-0.05, 0) is 35.6 Å². The van der Waals surface area contributed by atoms with E-state index in [4.69, 9.17) is 10.8 Å². The van der Waals surface area contributed by atoms with E-state index in [1.165, 1.54) is 6.07 Å². The number of aryl methyl sites for hydroxylation is 2. The summed E-state index contributed by atoms with van der Waals surface area (Å²) in [6, 6.07) is 3.24. The number of carboxylic acids is 1. The Kier molecular flexibility index (Phi) is 5.05. The number of halogens is 2. The second-order valence-electron chi connectivity index (χ2n) is 4.78. The fraction of sp³-hybridized carbons (Fsp3) is 0.500. The average molecular weight is 287 g/mol. The summed E-state index contributed by atoms with van der Waals surface area (Å²) in [5, 5.41) is 18.9. The summed E-state index contributed by atoms with van der Waals surface area (Å²) in [5.74, 6) is -1.97. The van der Waals surface area contributed by atoms with Gasteiger partial charge in [0.1, 0.15) is 5.75 Å². The summed E-state index contributed by atoms with van der Waals surface area (Å²) in [5.41, 5.74) is 4.29. The van der Waals surface area contributed by atoms with Crippen molar-refractivity contribution in [2.45, 2.75) is 45.1 Å². The Bertz CT molecular complexity index is 505. The first kappa shape index (κ1) is 16.4. The molecule has 0 heterocycles. The standard InChI is InChI=1S/C14H19F2NO3/c1-3-8-5-9(4-2)10(11(18)6-8)7-14(17,12(15)16)13(19)20/h5-6,12,18H,3-4,7,17H2,1-2H3,(H,19,20). The molecule has 0 saturated heterocycles. The fourth-order valence-electron chi connectivity index (χ4n) is 2.04. The maximum atomic E-state index is 12.9. The zero-order valence-corrected chi connectivity index (χ0v) is 11.5. The first-order valence-electron chi connectivity index (χ1n) is 6.40. The molecule has 1 atom stereocenters. The third-order valence-electron chi connectivity index (χ3n) is 3.42. The maximum absolute atomic E-state index is 12.9. The molecular weight excluding hydrogens is 268 g/mol. The lowest BCUT2D eigenvalue weighted by Gasteiger charge is -2.25.